The van der Waals surface area contributed by atoms with Gasteiger partial charge in [-0.05, 0) is 23.8 Å². The third-order valence-corrected chi connectivity index (χ3v) is 2.95. The minimum absolute atomic E-state index is 0.127. The lowest BCUT2D eigenvalue weighted by molar-refractivity contribution is -0.385. The fraction of sp³-hybridized carbons (Fsp3) is 0.125. The van der Waals surface area contributed by atoms with Crippen LogP contribution >= 0.6 is 0 Å². The number of rotatable bonds is 6. The second kappa shape index (κ2) is 7.73. The van der Waals surface area contributed by atoms with Gasteiger partial charge in [0.15, 0.2) is 11.5 Å². The number of ether oxygens (including phenoxy) is 3. The van der Waals surface area contributed by atoms with Crippen LogP contribution < -0.4 is 9.47 Å². The lowest BCUT2D eigenvalue weighted by atomic mass is 10.2. The number of methoxy groups -OCH3 is 2. The van der Waals surface area contributed by atoms with Gasteiger partial charge >= 0.3 is 5.97 Å². The minimum Gasteiger partial charge on any atom is -0.493 e. The van der Waals surface area contributed by atoms with Crippen molar-refractivity contribution in [2.24, 2.45) is 0 Å². The van der Waals surface area contributed by atoms with Gasteiger partial charge < -0.3 is 14.2 Å². The van der Waals surface area contributed by atoms with Crippen molar-refractivity contribution in [3.05, 3.63) is 58.3 Å². The van der Waals surface area contributed by atoms with E-state index in [1.165, 1.54) is 32.4 Å². The van der Waals surface area contributed by atoms with Crippen molar-refractivity contribution >= 4 is 17.7 Å². The van der Waals surface area contributed by atoms with E-state index < -0.39 is 10.9 Å². The fourth-order valence-corrected chi connectivity index (χ4v) is 1.76. The summed E-state index contributed by atoms with van der Waals surface area (Å²) in [4.78, 5) is 25.0. The van der Waals surface area contributed by atoms with Gasteiger partial charge in [-0.1, -0.05) is 6.07 Å². The molecule has 0 spiro atoms. The first kappa shape index (κ1) is 16.9. The quantitative estimate of drug-likeness (QED) is 0.347. The van der Waals surface area contributed by atoms with E-state index in [-0.39, 0.29) is 11.6 Å². The van der Waals surface area contributed by atoms with Crippen LogP contribution in [0.1, 0.15) is 5.56 Å². The first-order valence-corrected chi connectivity index (χ1v) is 6.76. The molecule has 0 aliphatic carbocycles. The van der Waals surface area contributed by atoms with Crippen molar-refractivity contribution < 1.29 is 23.9 Å². The van der Waals surface area contributed by atoms with Crippen LogP contribution in [0.3, 0.4) is 0 Å². The Balaban J connectivity index is 2.19. The van der Waals surface area contributed by atoms with Crippen LogP contribution in [0.5, 0.6) is 17.4 Å². The molecule has 0 unspecified atom stereocenters. The average molecular weight is 330 g/mol. The number of benzene rings is 1. The summed E-state index contributed by atoms with van der Waals surface area (Å²) in [5.74, 6) is 0.525. The van der Waals surface area contributed by atoms with E-state index in [2.05, 4.69) is 9.72 Å². The van der Waals surface area contributed by atoms with Crippen LogP contribution in [0.2, 0.25) is 0 Å². The maximum atomic E-state index is 11.1. The second-order valence-electron chi connectivity index (χ2n) is 4.48. The fourth-order valence-electron chi connectivity index (χ4n) is 1.76. The van der Waals surface area contributed by atoms with Crippen molar-refractivity contribution in [2.45, 2.75) is 0 Å². The van der Waals surface area contributed by atoms with Crippen LogP contribution in [0.25, 0.3) is 6.08 Å². The molecule has 1 aromatic heterocycles. The van der Waals surface area contributed by atoms with Gasteiger partial charge in [0.1, 0.15) is 6.20 Å². The van der Waals surface area contributed by atoms with Gasteiger partial charge in [-0.25, -0.2) is 9.78 Å². The van der Waals surface area contributed by atoms with Gasteiger partial charge in [-0.3, -0.25) is 10.1 Å². The van der Waals surface area contributed by atoms with Crippen molar-refractivity contribution in [1.82, 2.24) is 4.98 Å². The Labute approximate surface area is 137 Å². The van der Waals surface area contributed by atoms with Crippen LogP contribution in [-0.2, 0) is 9.53 Å². The Hall–Kier alpha value is -3.42. The Morgan fingerprint density at radius 2 is 2.00 bits per heavy atom. The van der Waals surface area contributed by atoms with Crippen molar-refractivity contribution in [1.29, 1.82) is 0 Å². The molecule has 1 heterocycles. The standard InChI is InChI=1S/C16H14N2O6/c1-22-14-9-11(4-8-16(19)23-2)3-6-13(14)24-15-7-5-12(10-17-15)18(20)21/h3-10H,1-2H3/b8-4-. The van der Waals surface area contributed by atoms with Gasteiger partial charge in [-0.2, -0.15) is 0 Å². The van der Waals surface area contributed by atoms with Crippen molar-refractivity contribution in [3.8, 4) is 17.4 Å². The molecule has 0 fully saturated rings. The smallest absolute Gasteiger partial charge is 0.330 e. The molecule has 0 radical (unpaired) electrons. The molecule has 0 aliphatic rings. The molecule has 0 atom stereocenters. The van der Waals surface area contributed by atoms with Gasteiger partial charge in [0, 0.05) is 18.2 Å². The molecule has 2 rings (SSSR count). The third kappa shape index (κ3) is 4.29. The normalized spacial score (nSPS) is 10.4. The van der Waals surface area contributed by atoms with Gasteiger partial charge in [0.25, 0.3) is 5.69 Å². The second-order valence-corrected chi connectivity index (χ2v) is 4.48. The Kier molecular flexibility index (Phi) is 5.45. The highest BCUT2D eigenvalue weighted by Crippen LogP contribution is 2.32. The molecule has 0 aliphatic heterocycles. The zero-order chi connectivity index (χ0) is 17.5. The van der Waals surface area contributed by atoms with E-state index in [0.717, 1.165) is 6.20 Å². The molecule has 8 heteroatoms. The van der Waals surface area contributed by atoms with E-state index in [1.54, 1.807) is 24.3 Å². The third-order valence-electron chi connectivity index (χ3n) is 2.95. The lowest BCUT2D eigenvalue weighted by Gasteiger charge is -2.10. The van der Waals surface area contributed by atoms with E-state index in [1.807, 2.05) is 0 Å². The zero-order valence-corrected chi connectivity index (χ0v) is 13.0. The van der Waals surface area contributed by atoms with Crippen LogP contribution in [-0.4, -0.2) is 30.1 Å². The maximum Gasteiger partial charge on any atom is 0.330 e. The van der Waals surface area contributed by atoms with Gasteiger partial charge in [0.2, 0.25) is 5.88 Å². The number of esters is 1. The Morgan fingerprint density at radius 1 is 1.21 bits per heavy atom. The molecule has 0 amide bonds. The maximum absolute atomic E-state index is 11.1. The summed E-state index contributed by atoms with van der Waals surface area (Å²) < 4.78 is 15.3. The lowest BCUT2D eigenvalue weighted by Crippen LogP contribution is -1.95. The number of carbonyl (C=O) groups excluding carboxylic acids is 1. The summed E-state index contributed by atoms with van der Waals surface area (Å²) in [6.45, 7) is 0. The molecule has 124 valence electrons. The molecule has 0 N–H and O–H groups in total. The number of pyridine rings is 1. The largest absolute Gasteiger partial charge is 0.493 e. The molecule has 2 aromatic rings. The topological polar surface area (TPSA) is 101 Å². The first-order valence-electron chi connectivity index (χ1n) is 6.76. The number of aromatic nitrogens is 1. The monoisotopic (exact) mass is 330 g/mol. The number of hydrogen-bond acceptors (Lipinski definition) is 7. The molecule has 0 bridgehead atoms. The molecular weight excluding hydrogens is 316 g/mol. The summed E-state index contributed by atoms with van der Waals surface area (Å²) in [6.07, 6.45) is 3.96. The minimum atomic E-state index is -0.542. The van der Waals surface area contributed by atoms with Crippen molar-refractivity contribution in [2.75, 3.05) is 14.2 Å². The van der Waals surface area contributed by atoms with E-state index in [0.29, 0.717) is 17.1 Å². The van der Waals surface area contributed by atoms with E-state index >= 15 is 0 Å². The van der Waals surface area contributed by atoms with E-state index in [9.17, 15) is 14.9 Å². The molecule has 0 saturated heterocycles. The predicted octanol–water partition coefficient (Wildman–Crippen LogP) is 2.98. The Morgan fingerprint density at radius 3 is 2.58 bits per heavy atom. The molecule has 0 saturated carbocycles. The summed E-state index contributed by atoms with van der Waals surface area (Å²) >= 11 is 0. The van der Waals surface area contributed by atoms with Crippen LogP contribution in [0, 0.1) is 10.1 Å². The summed E-state index contributed by atoms with van der Waals surface area (Å²) in [5.41, 5.74) is 0.582. The highest BCUT2D eigenvalue weighted by molar-refractivity contribution is 5.87. The highest BCUT2D eigenvalue weighted by atomic mass is 16.6. The van der Waals surface area contributed by atoms with E-state index in [4.69, 9.17) is 9.47 Å². The van der Waals surface area contributed by atoms with Gasteiger partial charge in [-0.15, -0.1) is 0 Å². The van der Waals surface area contributed by atoms with Crippen LogP contribution in [0.15, 0.2) is 42.6 Å². The average Bonchev–Trinajstić information content (AvgIpc) is 2.60. The molecule has 24 heavy (non-hydrogen) atoms. The number of nitrogens with zero attached hydrogens (tertiary/aromatic N) is 2. The molecule has 8 nitrogen and oxygen atoms in total. The Bertz CT molecular complexity index is 771. The summed E-state index contributed by atoms with van der Waals surface area (Å²) in [5, 5.41) is 10.6. The zero-order valence-electron chi connectivity index (χ0n) is 13.0. The molecule has 1 aromatic carbocycles. The summed E-state index contributed by atoms with van der Waals surface area (Å²) in [7, 11) is 2.76. The molecular formula is C16H14N2O6. The van der Waals surface area contributed by atoms with Crippen LogP contribution in [0.4, 0.5) is 5.69 Å². The number of carbonyl (C=O) groups is 1. The number of hydrogen-bond donors (Lipinski definition) is 0. The summed E-state index contributed by atoms with van der Waals surface area (Å²) in [6, 6.07) is 7.70. The SMILES string of the molecule is COC(=O)/C=C\c1ccc(Oc2ccc([N+](=O)[O-])cn2)c(OC)c1. The van der Waals surface area contributed by atoms with Gasteiger partial charge in [0.05, 0.1) is 19.1 Å². The first-order chi connectivity index (χ1) is 11.5. The highest BCUT2D eigenvalue weighted by Gasteiger charge is 2.10. The predicted molar refractivity (Wildman–Crippen MR) is 85.0 cm³/mol. The number of nitro groups is 1. The van der Waals surface area contributed by atoms with Crippen molar-refractivity contribution in [3.63, 3.8) is 0 Å².